The molecule has 2 aromatic heterocycles. The normalized spacial score (nSPS) is 13.0. The SMILES string of the molecule is c1ccc(-c2nc(-c3ccccc3)nc(-c3ccc4c(c3)C3(c5ccccc5-c5ccccc53)c3cc(-n5c(-c6ccccc6)nc6ccccc65)ccc3-4)n2)cc1. The largest absolute Gasteiger partial charge is 0.292 e. The van der Waals surface area contributed by atoms with Crippen molar-refractivity contribution in [1.29, 1.82) is 0 Å². The minimum atomic E-state index is -0.593. The molecule has 0 unspecified atom stereocenters. The third-order valence-electron chi connectivity index (χ3n) is 11.9. The molecule has 12 rings (SSSR count). The number of rotatable bonds is 5. The van der Waals surface area contributed by atoms with Gasteiger partial charge in [-0.3, -0.25) is 4.57 Å². The highest BCUT2D eigenvalue weighted by molar-refractivity contribution is 5.96. The minimum Gasteiger partial charge on any atom is -0.292 e. The highest BCUT2D eigenvalue weighted by atomic mass is 15.1. The van der Waals surface area contributed by atoms with E-state index in [1.54, 1.807) is 0 Å². The molecule has 0 atom stereocenters. The molecule has 0 radical (unpaired) electrons. The Balaban J connectivity index is 1.13. The third-order valence-corrected chi connectivity index (χ3v) is 11.9. The van der Waals surface area contributed by atoms with Crippen LogP contribution in [0.2, 0.25) is 0 Å². The van der Waals surface area contributed by atoms with Gasteiger partial charge in [0, 0.05) is 27.9 Å². The van der Waals surface area contributed by atoms with Crippen LogP contribution in [0, 0.1) is 0 Å². The molecule has 2 aliphatic carbocycles. The first kappa shape index (κ1) is 32.5. The second-order valence-electron chi connectivity index (χ2n) is 15.0. The molecule has 5 heteroatoms. The molecule has 58 heavy (non-hydrogen) atoms. The van der Waals surface area contributed by atoms with Crippen molar-refractivity contribution in [3.63, 3.8) is 0 Å². The van der Waals surface area contributed by atoms with E-state index in [0.29, 0.717) is 17.5 Å². The molecule has 2 heterocycles. The number of fused-ring (bicyclic) bond motifs is 11. The highest BCUT2D eigenvalue weighted by Gasteiger charge is 2.52. The van der Waals surface area contributed by atoms with Crippen LogP contribution in [0.5, 0.6) is 0 Å². The summed E-state index contributed by atoms with van der Waals surface area (Å²) in [7, 11) is 0. The summed E-state index contributed by atoms with van der Waals surface area (Å²) in [5.74, 6) is 2.84. The summed E-state index contributed by atoms with van der Waals surface area (Å²) in [5.41, 5.74) is 16.3. The maximum Gasteiger partial charge on any atom is 0.164 e. The molecule has 0 bridgehead atoms. The Kier molecular flexibility index (Phi) is 7.07. The summed E-state index contributed by atoms with van der Waals surface area (Å²) >= 11 is 0. The van der Waals surface area contributed by atoms with Gasteiger partial charge < -0.3 is 0 Å². The standard InChI is InChI=1S/C53H33N5/c1-4-16-34(17-5-1)49-55-50(35-18-6-2-7-19-35)57-51(56-49)37-28-30-41-42-31-29-38(58-48-27-15-14-26-47(48)54-52(58)36-20-8-3-9-21-36)33-46(42)53(45(41)32-37)43-24-12-10-22-39(43)40-23-11-13-25-44(40)53/h1-33H. The van der Waals surface area contributed by atoms with E-state index in [1.165, 1.54) is 44.5 Å². The second kappa shape index (κ2) is 12.6. The Hall–Kier alpha value is -7.76. The molecular weight excluding hydrogens is 707 g/mol. The summed E-state index contributed by atoms with van der Waals surface area (Å²) in [6, 6.07) is 70.9. The van der Waals surface area contributed by atoms with Crippen LogP contribution in [0.15, 0.2) is 200 Å². The number of para-hydroxylation sites is 2. The molecule has 10 aromatic rings. The van der Waals surface area contributed by atoms with Crippen molar-refractivity contribution in [3.8, 4) is 73.5 Å². The maximum atomic E-state index is 5.20. The fraction of sp³-hybridized carbons (Fsp3) is 0.0189. The van der Waals surface area contributed by atoms with Gasteiger partial charge in [-0.25, -0.2) is 19.9 Å². The molecule has 0 saturated heterocycles. The van der Waals surface area contributed by atoms with Gasteiger partial charge in [-0.15, -0.1) is 0 Å². The van der Waals surface area contributed by atoms with Crippen molar-refractivity contribution in [2.75, 3.05) is 0 Å². The van der Waals surface area contributed by atoms with Gasteiger partial charge in [-0.05, 0) is 74.8 Å². The van der Waals surface area contributed by atoms with Crippen LogP contribution >= 0.6 is 0 Å². The average molecular weight is 740 g/mol. The zero-order valence-corrected chi connectivity index (χ0v) is 31.3. The van der Waals surface area contributed by atoms with E-state index >= 15 is 0 Å². The van der Waals surface area contributed by atoms with Crippen molar-refractivity contribution in [3.05, 3.63) is 222 Å². The Labute approximate surface area is 335 Å². The number of aromatic nitrogens is 5. The maximum absolute atomic E-state index is 5.20. The Morgan fingerprint density at radius 2 is 0.793 bits per heavy atom. The van der Waals surface area contributed by atoms with E-state index in [9.17, 15) is 0 Å². The smallest absolute Gasteiger partial charge is 0.164 e. The van der Waals surface area contributed by atoms with Crippen LogP contribution < -0.4 is 0 Å². The van der Waals surface area contributed by atoms with E-state index in [1.807, 2.05) is 36.4 Å². The van der Waals surface area contributed by atoms with Gasteiger partial charge in [0.05, 0.1) is 16.4 Å². The topological polar surface area (TPSA) is 56.5 Å². The van der Waals surface area contributed by atoms with Gasteiger partial charge in [-0.2, -0.15) is 0 Å². The van der Waals surface area contributed by atoms with Crippen LogP contribution in [-0.2, 0) is 5.41 Å². The fourth-order valence-corrected chi connectivity index (χ4v) is 9.41. The first-order chi connectivity index (χ1) is 28.8. The summed E-state index contributed by atoms with van der Waals surface area (Å²) in [5, 5.41) is 0. The van der Waals surface area contributed by atoms with Crippen molar-refractivity contribution < 1.29 is 0 Å². The Morgan fingerprint density at radius 3 is 1.41 bits per heavy atom. The number of hydrogen-bond donors (Lipinski definition) is 0. The minimum absolute atomic E-state index is 0.593. The summed E-state index contributed by atoms with van der Waals surface area (Å²) in [6.45, 7) is 0. The predicted octanol–water partition coefficient (Wildman–Crippen LogP) is 12.2. The van der Waals surface area contributed by atoms with Gasteiger partial charge in [0.15, 0.2) is 17.5 Å². The number of benzene rings is 8. The molecule has 2 aliphatic rings. The molecule has 5 nitrogen and oxygen atoms in total. The molecule has 0 fully saturated rings. The zero-order valence-electron chi connectivity index (χ0n) is 31.3. The van der Waals surface area contributed by atoms with Crippen molar-refractivity contribution in [2.24, 2.45) is 0 Å². The molecule has 8 aromatic carbocycles. The van der Waals surface area contributed by atoms with Gasteiger partial charge in [0.1, 0.15) is 5.82 Å². The average Bonchev–Trinajstić information content (AvgIpc) is 3.94. The predicted molar refractivity (Wildman–Crippen MR) is 232 cm³/mol. The number of hydrogen-bond acceptors (Lipinski definition) is 4. The van der Waals surface area contributed by atoms with Gasteiger partial charge in [0.25, 0.3) is 0 Å². The lowest BCUT2D eigenvalue weighted by Gasteiger charge is -2.31. The fourth-order valence-electron chi connectivity index (χ4n) is 9.41. The van der Waals surface area contributed by atoms with E-state index in [0.717, 1.165) is 44.8 Å². The highest BCUT2D eigenvalue weighted by Crippen LogP contribution is 2.63. The van der Waals surface area contributed by atoms with Crippen LogP contribution in [0.4, 0.5) is 0 Å². The van der Waals surface area contributed by atoms with E-state index < -0.39 is 5.41 Å². The van der Waals surface area contributed by atoms with Crippen LogP contribution in [0.1, 0.15) is 22.3 Å². The molecule has 0 N–H and O–H groups in total. The molecule has 270 valence electrons. The van der Waals surface area contributed by atoms with Gasteiger partial charge >= 0.3 is 0 Å². The monoisotopic (exact) mass is 739 g/mol. The molecule has 1 spiro atoms. The summed E-state index contributed by atoms with van der Waals surface area (Å²) < 4.78 is 2.32. The summed E-state index contributed by atoms with van der Waals surface area (Å²) in [6.07, 6.45) is 0. The molecule has 0 amide bonds. The Morgan fingerprint density at radius 1 is 0.328 bits per heavy atom. The van der Waals surface area contributed by atoms with Crippen molar-refractivity contribution >= 4 is 11.0 Å². The molecule has 0 aliphatic heterocycles. The number of imidazole rings is 1. The zero-order chi connectivity index (χ0) is 38.2. The van der Waals surface area contributed by atoms with E-state index in [4.69, 9.17) is 19.9 Å². The van der Waals surface area contributed by atoms with Crippen molar-refractivity contribution in [2.45, 2.75) is 5.41 Å². The first-order valence-electron chi connectivity index (χ1n) is 19.6. The van der Waals surface area contributed by atoms with E-state index in [2.05, 4.69) is 168 Å². The quantitative estimate of drug-likeness (QED) is 0.176. The lowest BCUT2D eigenvalue weighted by Crippen LogP contribution is -2.26. The summed E-state index contributed by atoms with van der Waals surface area (Å²) in [4.78, 5) is 20.5. The van der Waals surface area contributed by atoms with Gasteiger partial charge in [-0.1, -0.05) is 170 Å². The van der Waals surface area contributed by atoms with Crippen LogP contribution in [-0.4, -0.2) is 24.5 Å². The van der Waals surface area contributed by atoms with Crippen LogP contribution in [0.25, 0.3) is 84.5 Å². The Bertz CT molecular complexity index is 3120. The van der Waals surface area contributed by atoms with E-state index in [-0.39, 0.29) is 0 Å². The lowest BCUT2D eigenvalue weighted by molar-refractivity contribution is 0.792. The molecular formula is C53H33N5. The van der Waals surface area contributed by atoms with Crippen LogP contribution in [0.3, 0.4) is 0 Å². The molecule has 0 saturated carbocycles. The lowest BCUT2D eigenvalue weighted by atomic mass is 9.70. The second-order valence-corrected chi connectivity index (χ2v) is 15.0. The van der Waals surface area contributed by atoms with Gasteiger partial charge in [0.2, 0.25) is 0 Å². The number of nitrogens with zero attached hydrogens (tertiary/aromatic N) is 5. The first-order valence-corrected chi connectivity index (χ1v) is 19.6. The van der Waals surface area contributed by atoms with Crippen molar-refractivity contribution in [1.82, 2.24) is 24.5 Å². The third kappa shape index (κ3) is 4.71.